The van der Waals surface area contributed by atoms with Crippen molar-refractivity contribution in [3.8, 4) is 0 Å². The van der Waals surface area contributed by atoms with Gasteiger partial charge >= 0.3 is 0 Å². The van der Waals surface area contributed by atoms with Crippen LogP contribution in [0.3, 0.4) is 0 Å². The van der Waals surface area contributed by atoms with Crippen LogP contribution in [-0.4, -0.2) is 18.2 Å². The minimum absolute atomic E-state index is 0.0238. The van der Waals surface area contributed by atoms with Gasteiger partial charge in [-0.1, -0.05) is 6.92 Å². The van der Waals surface area contributed by atoms with Gasteiger partial charge in [0.15, 0.2) is 0 Å². The van der Waals surface area contributed by atoms with Crippen LogP contribution in [0, 0.1) is 11.4 Å². The van der Waals surface area contributed by atoms with Gasteiger partial charge in [0.25, 0.3) is 0 Å². The lowest BCUT2D eigenvalue weighted by molar-refractivity contribution is -0.251. The molecule has 0 aromatic heterocycles. The molecule has 1 saturated carbocycles. The van der Waals surface area contributed by atoms with E-state index in [9.17, 15) is 9.90 Å². The van der Waals surface area contributed by atoms with Crippen LogP contribution in [-0.2, 0) is 0 Å². The number of carboxylic acid groups (broad SMARTS) is 1. The minimum Gasteiger partial charge on any atom is -0.530 e. The number of nitrogens with zero attached hydrogens (tertiary/aromatic N) is 2. The van der Waals surface area contributed by atoms with Gasteiger partial charge in [-0.05, 0) is 18.8 Å². The molecule has 1 rings (SSSR count). The van der Waals surface area contributed by atoms with E-state index in [4.69, 9.17) is 5.53 Å². The van der Waals surface area contributed by atoms with Crippen LogP contribution in [0.5, 0.6) is 0 Å². The lowest BCUT2D eigenvalue weighted by Gasteiger charge is -2.17. The van der Waals surface area contributed by atoms with Crippen molar-refractivity contribution in [2.24, 2.45) is 11.0 Å². The molecule has 0 radical (unpaired) electrons. The fraction of sp³-hybridized carbons (Fsp3) is 0.857. The number of carbonyl (C=O) groups is 1. The topological polar surface area (TPSA) is 102 Å². The van der Waals surface area contributed by atoms with Crippen LogP contribution in [0.1, 0.15) is 19.8 Å². The molecule has 0 aromatic rings. The third kappa shape index (κ3) is 2.52. The molecule has 3 atom stereocenters. The summed E-state index contributed by atoms with van der Waals surface area (Å²) in [6.07, 6.45) is 0.130. The van der Waals surface area contributed by atoms with Gasteiger partial charge in [0.1, 0.15) is 22.8 Å². The molecule has 6 nitrogen and oxygen atoms in total. The van der Waals surface area contributed by atoms with E-state index in [0.29, 0.717) is 6.42 Å². The summed E-state index contributed by atoms with van der Waals surface area (Å²) >= 11 is 0. The summed E-state index contributed by atoms with van der Waals surface area (Å²) < 4.78 is 0. The number of carbonyl (C=O) groups excluding carboxylic acids is 1. The monoisotopic (exact) mass is 184 g/mol. The standard InChI is InChI=1S/C7H12N4O2/c1-4-2-5(10-11-8)3-6(4)9-7(12)13/h4-6,8-9H,2-3H2,1H3/t4-,5+,6-/m0/s1. The van der Waals surface area contributed by atoms with Crippen molar-refractivity contribution in [2.75, 3.05) is 0 Å². The van der Waals surface area contributed by atoms with Gasteiger partial charge in [-0.15, -0.1) is 0 Å². The summed E-state index contributed by atoms with van der Waals surface area (Å²) in [6, 6.07) is -0.134. The van der Waals surface area contributed by atoms with Crippen molar-refractivity contribution in [2.45, 2.75) is 31.8 Å². The van der Waals surface area contributed by atoms with Crippen molar-refractivity contribution in [3.05, 3.63) is 0 Å². The Hall–Kier alpha value is -1.42. The minimum atomic E-state index is -1.25. The van der Waals surface area contributed by atoms with Gasteiger partial charge < -0.3 is 15.2 Å². The van der Waals surface area contributed by atoms with E-state index >= 15 is 0 Å². The molecular formula is C7H12N4O2. The second-order valence-electron chi connectivity index (χ2n) is 3.36. The first-order chi connectivity index (χ1) is 6.13. The number of hydrogen-bond donors (Lipinski definition) is 2. The molecule has 0 saturated heterocycles. The van der Waals surface area contributed by atoms with Crippen LogP contribution in [0.25, 0.3) is 0 Å². The van der Waals surface area contributed by atoms with Gasteiger partial charge in [-0.3, -0.25) is 0 Å². The number of nitrogens with one attached hydrogen (secondary N) is 2. The summed E-state index contributed by atoms with van der Waals surface area (Å²) in [7, 11) is 0. The summed E-state index contributed by atoms with van der Waals surface area (Å²) in [6.45, 7) is 1.94. The maximum Gasteiger partial charge on any atom is 0.214 e. The third-order valence-electron chi connectivity index (χ3n) is 2.38. The zero-order valence-electron chi connectivity index (χ0n) is 7.36. The molecule has 13 heavy (non-hydrogen) atoms. The van der Waals surface area contributed by atoms with E-state index in [-0.39, 0.29) is 18.0 Å². The molecule has 72 valence electrons. The third-order valence-corrected chi connectivity index (χ3v) is 2.38. The molecule has 2 N–H and O–H groups in total. The first kappa shape index (κ1) is 9.67. The highest BCUT2D eigenvalue weighted by molar-refractivity contribution is 5.62. The lowest BCUT2D eigenvalue weighted by atomic mass is 10.1. The zero-order valence-corrected chi connectivity index (χ0v) is 7.36. The summed E-state index contributed by atoms with van der Waals surface area (Å²) in [5, 5.41) is 16.2. The smallest absolute Gasteiger partial charge is 0.214 e. The predicted octanol–water partition coefficient (Wildman–Crippen LogP) is -0.363. The summed E-state index contributed by atoms with van der Waals surface area (Å²) in [5.74, 6) is 0.230. The fourth-order valence-electron chi connectivity index (χ4n) is 1.74. The SMILES string of the molecule is C[C@H]1C[C@@H](N=[N+]=N)C[C@@H]1NC(=O)[O-]. The molecular weight excluding hydrogens is 172 g/mol. The second kappa shape index (κ2) is 4.00. The molecule has 0 aromatic carbocycles. The Morgan fingerprint density at radius 3 is 2.92 bits per heavy atom. The second-order valence-corrected chi connectivity index (χ2v) is 3.36. The largest absolute Gasteiger partial charge is 0.530 e. The Morgan fingerprint density at radius 1 is 1.69 bits per heavy atom. The van der Waals surface area contributed by atoms with Gasteiger partial charge in [-0.2, -0.15) is 0 Å². The van der Waals surface area contributed by atoms with Crippen LogP contribution >= 0.6 is 0 Å². The van der Waals surface area contributed by atoms with E-state index < -0.39 is 6.09 Å². The van der Waals surface area contributed by atoms with Gasteiger partial charge in [0, 0.05) is 6.04 Å². The van der Waals surface area contributed by atoms with Crippen molar-refractivity contribution < 1.29 is 9.90 Å². The molecule has 1 fully saturated rings. The Balaban J connectivity index is 2.50. The Bertz CT molecular complexity index is 249. The molecule has 1 amide bonds. The van der Waals surface area contributed by atoms with E-state index in [1.54, 1.807) is 0 Å². The van der Waals surface area contributed by atoms with E-state index in [1.807, 2.05) is 6.92 Å². The molecule has 0 bridgehead atoms. The summed E-state index contributed by atoms with van der Waals surface area (Å²) in [5.41, 5.74) is 6.55. The van der Waals surface area contributed by atoms with E-state index in [2.05, 4.69) is 15.3 Å². The van der Waals surface area contributed by atoms with Crippen LogP contribution in [0.15, 0.2) is 5.11 Å². The number of rotatable bonds is 2. The highest BCUT2D eigenvalue weighted by atomic mass is 16.4. The highest BCUT2D eigenvalue weighted by Gasteiger charge is 2.33. The van der Waals surface area contributed by atoms with Crippen molar-refractivity contribution in [1.82, 2.24) is 10.2 Å². The van der Waals surface area contributed by atoms with Gasteiger partial charge in [0.05, 0.1) is 0 Å². The quantitative estimate of drug-likeness (QED) is 0.452. The van der Waals surface area contributed by atoms with Crippen molar-refractivity contribution in [3.63, 3.8) is 0 Å². The molecule has 0 heterocycles. The predicted molar refractivity (Wildman–Crippen MR) is 41.8 cm³/mol. The average molecular weight is 184 g/mol. The van der Waals surface area contributed by atoms with Crippen LogP contribution < -0.4 is 15.3 Å². The van der Waals surface area contributed by atoms with E-state index in [1.165, 1.54) is 0 Å². The number of hydrogen-bond acceptors (Lipinski definition) is 4. The molecule has 0 unspecified atom stereocenters. The normalized spacial score (nSPS) is 32.2. The molecule has 1 aliphatic carbocycles. The fourth-order valence-corrected chi connectivity index (χ4v) is 1.74. The van der Waals surface area contributed by atoms with Gasteiger partial charge in [-0.25, -0.2) is 0 Å². The van der Waals surface area contributed by atoms with Crippen molar-refractivity contribution >= 4 is 6.09 Å². The van der Waals surface area contributed by atoms with Crippen LogP contribution in [0.2, 0.25) is 0 Å². The maximum atomic E-state index is 10.3. The first-order valence-corrected chi connectivity index (χ1v) is 4.17. The first-order valence-electron chi connectivity index (χ1n) is 4.17. The van der Waals surface area contributed by atoms with Gasteiger partial charge in [0.2, 0.25) is 4.91 Å². The maximum absolute atomic E-state index is 10.3. The molecule has 0 aliphatic heterocycles. The lowest BCUT2D eigenvalue weighted by Crippen LogP contribution is -2.44. The van der Waals surface area contributed by atoms with Crippen LogP contribution in [0.4, 0.5) is 4.79 Å². The Morgan fingerprint density at radius 2 is 2.38 bits per heavy atom. The summed E-state index contributed by atoms with van der Waals surface area (Å²) in [4.78, 5) is 13.2. The van der Waals surface area contributed by atoms with Crippen molar-refractivity contribution in [1.29, 1.82) is 5.53 Å². The molecule has 0 spiro atoms. The Kier molecular flexibility index (Phi) is 2.97. The Labute approximate surface area is 75.6 Å². The number of amides is 1. The zero-order chi connectivity index (χ0) is 9.84. The molecule has 6 heteroatoms. The highest BCUT2D eigenvalue weighted by Crippen LogP contribution is 2.27. The van der Waals surface area contributed by atoms with E-state index in [0.717, 1.165) is 6.42 Å². The average Bonchev–Trinajstić information content (AvgIpc) is 2.31. The molecule has 1 aliphatic rings.